The summed E-state index contributed by atoms with van der Waals surface area (Å²) < 4.78 is 5.00. The van der Waals surface area contributed by atoms with Gasteiger partial charge in [-0.15, -0.1) is 0 Å². The minimum atomic E-state index is -1.88. The highest BCUT2D eigenvalue weighted by Crippen LogP contribution is 2.17. The van der Waals surface area contributed by atoms with Gasteiger partial charge in [0.25, 0.3) is 5.69 Å². The Bertz CT molecular complexity index is 526. The van der Waals surface area contributed by atoms with E-state index in [0.29, 0.717) is 0 Å². The third-order valence-corrected chi connectivity index (χ3v) is 2.09. The molecule has 0 heterocycles. The number of non-ortho nitro benzene ring substituents is 1. The van der Waals surface area contributed by atoms with E-state index in [9.17, 15) is 14.9 Å². The molecule has 0 unspecified atom stereocenters. The molecule has 8 nitrogen and oxygen atoms in total. The lowest BCUT2D eigenvalue weighted by molar-refractivity contribution is -0.384. The van der Waals surface area contributed by atoms with E-state index in [1.807, 2.05) is 0 Å². The van der Waals surface area contributed by atoms with Gasteiger partial charge in [-0.05, 0) is 32.3 Å². The summed E-state index contributed by atoms with van der Waals surface area (Å²) in [5, 5.41) is 31.2. The summed E-state index contributed by atoms with van der Waals surface area (Å²) in [7, 11) is -1.88. The molecule has 0 bridgehead atoms. The molecule has 1 rings (SSSR count). The summed E-state index contributed by atoms with van der Waals surface area (Å²) in [6.45, 7) is 5.01. The third kappa shape index (κ3) is 4.86. The number of amides is 1. The van der Waals surface area contributed by atoms with Gasteiger partial charge in [0, 0.05) is 12.1 Å². The quantitative estimate of drug-likeness (QED) is 0.424. The van der Waals surface area contributed by atoms with Crippen molar-refractivity contribution < 1.29 is 24.5 Å². The number of hydrogen-bond acceptors (Lipinski definition) is 6. The van der Waals surface area contributed by atoms with E-state index in [-0.39, 0.29) is 16.8 Å². The number of benzene rings is 1. The first-order valence-corrected chi connectivity index (χ1v) is 5.74. The van der Waals surface area contributed by atoms with Crippen LogP contribution in [0, 0.1) is 10.1 Å². The lowest BCUT2D eigenvalue weighted by Gasteiger charge is -2.19. The van der Waals surface area contributed by atoms with Crippen molar-refractivity contribution in [3.8, 4) is 0 Å². The fraction of sp³-hybridized carbons (Fsp3) is 0.364. The summed E-state index contributed by atoms with van der Waals surface area (Å²) in [6.07, 6.45) is -0.795. The Kier molecular flexibility index (Phi) is 4.69. The van der Waals surface area contributed by atoms with E-state index < -0.39 is 23.7 Å². The normalized spacial score (nSPS) is 10.8. The van der Waals surface area contributed by atoms with Crippen LogP contribution in [0.3, 0.4) is 0 Å². The fourth-order valence-electron chi connectivity index (χ4n) is 1.38. The Balaban J connectivity index is 3.00. The molecule has 0 aromatic heterocycles. The van der Waals surface area contributed by atoms with Crippen LogP contribution in [0.25, 0.3) is 0 Å². The first-order valence-electron chi connectivity index (χ1n) is 5.74. The zero-order valence-electron chi connectivity index (χ0n) is 11.3. The zero-order valence-corrected chi connectivity index (χ0v) is 11.3. The average molecular weight is 282 g/mol. The molecule has 9 heteroatoms. The predicted octanol–water partition coefficient (Wildman–Crippen LogP) is 0.622. The van der Waals surface area contributed by atoms with E-state index in [0.717, 1.165) is 12.1 Å². The molecular weight excluding hydrogens is 267 g/mol. The molecule has 0 atom stereocenters. The molecular formula is C11H15BN2O6. The lowest BCUT2D eigenvalue weighted by atomic mass is 9.80. The Labute approximate surface area is 115 Å². The van der Waals surface area contributed by atoms with Crippen LogP contribution in [0.2, 0.25) is 0 Å². The number of nitro benzene ring substituents is 1. The van der Waals surface area contributed by atoms with Gasteiger partial charge in [-0.1, -0.05) is 0 Å². The molecule has 0 saturated carbocycles. The molecule has 1 aromatic carbocycles. The molecule has 3 N–H and O–H groups in total. The van der Waals surface area contributed by atoms with Crippen LogP contribution in [0.4, 0.5) is 16.2 Å². The number of carbonyl (C=O) groups excluding carboxylic acids is 1. The maximum absolute atomic E-state index is 11.6. The van der Waals surface area contributed by atoms with Crippen molar-refractivity contribution in [2.24, 2.45) is 0 Å². The van der Waals surface area contributed by atoms with Crippen LogP contribution in [0.15, 0.2) is 18.2 Å². The van der Waals surface area contributed by atoms with Gasteiger partial charge in [0.15, 0.2) is 0 Å². The fourth-order valence-corrected chi connectivity index (χ4v) is 1.38. The topological polar surface area (TPSA) is 122 Å². The Morgan fingerprint density at radius 3 is 2.40 bits per heavy atom. The van der Waals surface area contributed by atoms with Gasteiger partial charge in [-0.3, -0.25) is 15.4 Å². The van der Waals surface area contributed by atoms with Gasteiger partial charge >= 0.3 is 13.2 Å². The number of carbonyl (C=O) groups is 1. The van der Waals surface area contributed by atoms with Gasteiger partial charge in [0.1, 0.15) is 5.60 Å². The smallest absolute Gasteiger partial charge is 0.444 e. The number of nitrogens with zero attached hydrogens (tertiary/aromatic N) is 1. The Morgan fingerprint density at radius 2 is 1.95 bits per heavy atom. The maximum Gasteiger partial charge on any atom is 0.488 e. The van der Waals surface area contributed by atoms with E-state index in [2.05, 4.69) is 5.32 Å². The van der Waals surface area contributed by atoms with Crippen molar-refractivity contribution in [1.82, 2.24) is 0 Å². The van der Waals surface area contributed by atoms with Gasteiger partial charge in [0.05, 0.1) is 10.6 Å². The first kappa shape index (κ1) is 15.9. The van der Waals surface area contributed by atoms with Crippen molar-refractivity contribution in [2.45, 2.75) is 26.4 Å². The number of rotatable bonds is 3. The second-order valence-corrected chi connectivity index (χ2v) is 5.07. The molecule has 0 aliphatic carbocycles. The largest absolute Gasteiger partial charge is 0.488 e. The van der Waals surface area contributed by atoms with Crippen molar-refractivity contribution in [2.75, 3.05) is 5.32 Å². The van der Waals surface area contributed by atoms with Gasteiger partial charge in [-0.25, -0.2) is 4.79 Å². The summed E-state index contributed by atoms with van der Waals surface area (Å²) in [6, 6.07) is 3.31. The third-order valence-electron chi connectivity index (χ3n) is 2.09. The van der Waals surface area contributed by atoms with Crippen LogP contribution < -0.4 is 10.8 Å². The van der Waals surface area contributed by atoms with Gasteiger partial charge in [-0.2, -0.15) is 0 Å². The molecule has 108 valence electrons. The van der Waals surface area contributed by atoms with E-state index in [1.165, 1.54) is 6.07 Å². The van der Waals surface area contributed by atoms with Crippen molar-refractivity contribution in [3.63, 3.8) is 0 Å². The average Bonchev–Trinajstić information content (AvgIpc) is 2.25. The van der Waals surface area contributed by atoms with Gasteiger partial charge < -0.3 is 14.8 Å². The molecule has 20 heavy (non-hydrogen) atoms. The summed E-state index contributed by atoms with van der Waals surface area (Å²) in [5.41, 5.74) is -1.16. The first-order chi connectivity index (χ1) is 9.08. The molecule has 1 amide bonds. The van der Waals surface area contributed by atoms with Crippen LogP contribution in [0.1, 0.15) is 20.8 Å². The van der Waals surface area contributed by atoms with Crippen molar-refractivity contribution in [1.29, 1.82) is 0 Å². The van der Waals surface area contributed by atoms with Crippen LogP contribution in [-0.2, 0) is 4.74 Å². The molecule has 0 aliphatic heterocycles. The minimum absolute atomic E-state index is 0.0385. The number of ether oxygens (including phenoxy) is 1. The molecule has 0 spiro atoms. The minimum Gasteiger partial charge on any atom is -0.444 e. The lowest BCUT2D eigenvalue weighted by Crippen LogP contribution is -2.31. The molecule has 0 saturated heterocycles. The van der Waals surface area contributed by atoms with Crippen molar-refractivity contribution >= 4 is 30.0 Å². The second-order valence-electron chi connectivity index (χ2n) is 5.07. The van der Waals surface area contributed by atoms with Crippen molar-refractivity contribution in [3.05, 3.63) is 28.3 Å². The maximum atomic E-state index is 11.6. The molecule has 0 radical (unpaired) electrons. The Morgan fingerprint density at radius 1 is 1.35 bits per heavy atom. The van der Waals surface area contributed by atoms with E-state index >= 15 is 0 Å². The highest BCUT2D eigenvalue weighted by Gasteiger charge is 2.20. The summed E-state index contributed by atoms with van der Waals surface area (Å²) >= 11 is 0. The second kappa shape index (κ2) is 5.89. The van der Waals surface area contributed by atoms with E-state index in [4.69, 9.17) is 14.8 Å². The summed E-state index contributed by atoms with van der Waals surface area (Å²) in [5.74, 6) is 0. The molecule has 1 aromatic rings. The number of nitro groups is 1. The number of anilines is 1. The monoisotopic (exact) mass is 282 g/mol. The highest BCUT2D eigenvalue weighted by molar-refractivity contribution is 6.58. The molecule has 0 fully saturated rings. The van der Waals surface area contributed by atoms with Crippen LogP contribution in [0.5, 0.6) is 0 Å². The number of nitrogens with one attached hydrogen (secondary N) is 1. The van der Waals surface area contributed by atoms with Gasteiger partial charge in [0.2, 0.25) is 0 Å². The summed E-state index contributed by atoms with van der Waals surface area (Å²) in [4.78, 5) is 21.6. The molecule has 0 aliphatic rings. The Hall–Kier alpha value is -2.13. The zero-order chi connectivity index (χ0) is 15.5. The standard InChI is InChI=1S/C11H15BN2O6/c1-11(2,3)20-10(15)13-8-4-7(12(16)17)5-9(6-8)14(18)19/h4-6,16-17H,1-3H3,(H,13,15). The number of hydrogen-bond donors (Lipinski definition) is 3. The predicted molar refractivity (Wildman–Crippen MR) is 72.8 cm³/mol. The van der Waals surface area contributed by atoms with E-state index in [1.54, 1.807) is 20.8 Å². The highest BCUT2D eigenvalue weighted by atomic mass is 16.6. The van der Waals surface area contributed by atoms with Crippen LogP contribution >= 0.6 is 0 Å². The van der Waals surface area contributed by atoms with Crippen LogP contribution in [-0.4, -0.2) is 33.8 Å². The SMILES string of the molecule is CC(C)(C)OC(=O)Nc1cc(B(O)O)cc([N+](=O)[O-])c1.